The van der Waals surface area contributed by atoms with Crippen molar-refractivity contribution >= 4 is 129 Å². The minimum absolute atomic E-state index is 0.149. The van der Waals surface area contributed by atoms with E-state index in [2.05, 4.69) is 551 Å². The maximum absolute atomic E-state index is 2.41. The van der Waals surface area contributed by atoms with Crippen molar-refractivity contribution < 1.29 is 0 Å². The Hall–Kier alpha value is -17.9. The van der Waals surface area contributed by atoms with E-state index in [1.54, 1.807) is 0 Å². The van der Waals surface area contributed by atoms with Gasteiger partial charge in [-0.15, -0.1) is 0 Å². The molecule has 0 saturated heterocycles. The van der Waals surface area contributed by atoms with Crippen LogP contribution in [0.2, 0.25) is 0 Å². The second-order valence-electron chi connectivity index (χ2n) is 42.0. The summed E-state index contributed by atoms with van der Waals surface area (Å²) in [5, 5.41) is 30.9. The Morgan fingerprint density at radius 2 is 0.327 bits per heavy atom. The van der Waals surface area contributed by atoms with E-state index in [4.69, 9.17) is 0 Å². The molecule has 27 aromatic rings. The minimum Gasteiger partial charge on any atom is -0.0616 e. The first-order chi connectivity index (χ1) is 72.3. The third-order valence-electron chi connectivity index (χ3n) is 33.1. The fraction of sp³-hybridized carbons (Fsp3) is 0.0612. The molecule has 690 valence electrons. The smallest absolute Gasteiger partial charge is 0.0165 e. The molecule has 0 fully saturated rings. The van der Waals surface area contributed by atoms with Gasteiger partial charge < -0.3 is 0 Å². The van der Waals surface area contributed by atoms with Crippen LogP contribution in [0.5, 0.6) is 0 Å². The Morgan fingerprint density at radius 3 is 0.707 bits per heavy atom. The highest BCUT2D eigenvalue weighted by Gasteiger charge is 2.43. The summed E-state index contributed by atoms with van der Waals surface area (Å²) in [7, 11) is 0. The Balaban J connectivity index is 0.000000107. The van der Waals surface area contributed by atoms with Crippen LogP contribution in [0.4, 0.5) is 0 Å². The Labute approximate surface area is 857 Å². The monoisotopic (exact) mass is 1870 g/mol. The van der Waals surface area contributed by atoms with Gasteiger partial charge >= 0.3 is 0 Å². The van der Waals surface area contributed by atoms with Crippen molar-refractivity contribution in [1.29, 1.82) is 0 Å². The fourth-order valence-electron chi connectivity index (χ4n) is 26.7. The molecule has 3 aliphatic carbocycles. The molecule has 0 amide bonds. The molecule has 0 radical (unpaired) electrons. The zero-order chi connectivity index (χ0) is 98.1. The summed E-state index contributed by atoms with van der Waals surface area (Å²) in [4.78, 5) is 0. The summed E-state index contributed by atoms with van der Waals surface area (Å²) in [5.74, 6) is 0. The zero-order valence-electron chi connectivity index (χ0n) is 83.0. The largest absolute Gasteiger partial charge is 0.0616 e. The predicted octanol–water partition coefficient (Wildman–Crippen LogP) is 40.8. The third kappa shape index (κ3) is 13.6. The molecule has 27 aromatic carbocycles. The van der Waals surface area contributed by atoms with Crippen LogP contribution in [0.1, 0.15) is 74.9 Å². The quantitative estimate of drug-likeness (QED) is 0.126. The van der Waals surface area contributed by atoms with Crippen LogP contribution in [0, 0.1) is 0 Å². The van der Waals surface area contributed by atoms with Gasteiger partial charge in [0.05, 0.1) is 0 Å². The van der Waals surface area contributed by atoms with Crippen LogP contribution in [0.15, 0.2) is 510 Å². The molecule has 0 saturated carbocycles. The molecule has 0 atom stereocenters. The van der Waals surface area contributed by atoms with E-state index in [9.17, 15) is 0 Å². The third-order valence-corrected chi connectivity index (χ3v) is 33.1. The van der Waals surface area contributed by atoms with Gasteiger partial charge in [0.15, 0.2) is 0 Å². The number of hydrogen-bond acceptors (Lipinski definition) is 0. The highest BCUT2D eigenvalue weighted by Crippen LogP contribution is 2.62. The maximum Gasteiger partial charge on any atom is 0.0165 e. The molecule has 3 aliphatic rings. The lowest BCUT2D eigenvalue weighted by atomic mass is 9.76. The van der Waals surface area contributed by atoms with Crippen molar-refractivity contribution in [3.63, 3.8) is 0 Å². The first-order valence-electron chi connectivity index (χ1n) is 51.8. The fourth-order valence-corrected chi connectivity index (χ4v) is 26.7. The van der Waals surface area contributed by atoms with Gasteiger partial charge in [-0.25, -0.2) is 0 Å². The molecule has 0 aliphatic heterocycles. The molecule has 0 heteroatoms. The highest BCUT2D eigenvalue weighted by atomic mass is 14.5. The van der Waals surface area contributed by atoms with Gasteiger partial charge in [0.25, 0.3) is 0 Å². The van der Waals surface area contributed by atoms with Crippen LogP contribution >= 0.6 is 0 Å². The summed E-state index contributed by atoms with van der Waals surface area (Å²) in [6, 6.07) is 189. The van der Waals surface area contributed by atoms with Crippen LogP contribution in [-0.4, -0.2) is 0 Å². The SMILES string of the molecule is CC1(C)c2ccc3ccccc3c2-c2cccc(-c3c4ccccc4c(-c4ccc(-c5cccc6ccccc56)cc4)c4ccccc34)c21.CC1(C)c2ccc3ccccc3c2-c2cccc(-c3c4ccccc4c(-c4cccc(-c5ccc6ccccc6c5)c4)c4ccccc34)c21.CC1(C)c2ccc3ccccc3c2-c2cccc(-c3c4ccccc4c(-c4ccccc4-c4cccc5ccccc45)c4ccccc34)c21. The average Bonchev–Trinajstić information content (AvgIpc) is 1.58. The molecular weight excluding hydrogens is 1770 g/mol. The molecule has 0 bridgehead atoms. The second-order valence-corrected chi connectivity index (χ2v) is 42.0. The van der Waals surface area contributed by atoms with Gasteiger partial charge in [0.2, 0.25) is 0 Å². The zero-order valence-corrected chi connectivity index (χ0v) is 83.0. The molecule has 0 spiro atoms. The van der Waals surface area contributed by atoms with Crippen molar-refractivity contribution in [3.05, 3.63) is 543 Å². The topological polar surface area (TPSA) is 0 Å². The predicted molar refractivity (Wildman–Crippen MR) is 631 cm³/mol. The maximum atomic E-state index is 2.41. The van der Waals surface area contributed by atoms with Crippen LogP contribution < -0.4 is 0 Å². The summed E-state index contributed by atoms with van der Waals surface area (Å²) >= 11 is 0. The van der Waals surface area contributed by atoms with Crippen molar-refractivity contribution in [1.82, 2.24) is 0 Å². The number of rotatable bonds is 9. The van der Waals surface area contributed by atoms with E-state index >= 15 is 0 Å². The normalized spacial score (nSPS) is 13.3. The van der Waals surface area contributed by atoms with Crippen LogP contribution in [-0.2, 0) is 16.2 Å². The summed E-state index contributed by atoms with van der Waals surface area (Å²) in [6.07, 6.45) is 0. The van der Waals surface area contributed by atoms with Crippen LogP contribution in [0.25, 0.3) is 263 Å². The number of fused-ring (bicyclic) bond motifs is 24. The number of hydrogen-bond donors (Lipinski definition) is 0. The lowest BCUT2D eigenvalue weighted by Gasteiger charge is -2.26. The first kappa shape index (κ1) is 86.9. The molecular formula is C147H102. The summed E-state index contributed by atoms with van der Waals surface area (Å²) < 4.78 is 0. The molecule has 0 aromatic heterocycles. The van der Waals surface area contributed by atoms with Gasteiger partial charge in [-0.1, -0.05) is 539 Å². The van der Waals surface area contributed by atoms with Crippen molar-refractivity contribution in [3.8, 4) is 134 Å². The summed E-state index contributed by atoms with van der Waals surface area (Å²) in [6.45, 7) is 14.5. The van der Waals surface area contributed by atoms with Crippen molar-refractivity contribution in [2.45, 2.75) is 57.8 Å². The molecule has 30 rings (SSSR count). The molecule has 0 unspecified atom stereocenters. The van der Waals surface area contributed by atoms with Crippen molar-refractivity contribution in [2.24, 2.45) is 0 Å². The number of benzene rings is 27. The van der Waals surface area contributed by atoms with E-state index in [1.807, 2.05) is 0 Å². The van der Waals surface area contributed by atoms with Gasteiger partial charge in [0, 0.05) is 16.2 Å². The Bertz CT molecular complexity index is 10000. The van der Waals surface area contributed by atoms with Gasteiger partial charge in [-0.05, 0) is 308 Å². The van der Waals surface area contributed by atoms with Crippen LogP contribution in [0.3, 0.4) is 0 Å². The first-order valence-corrected chi connectivity index (χ1v) is 51.8. The minimum atomic E-state index is -0.160. The van der Waals surface area contributed by atoms with Gasteiger partial charge in [-0.2, -0.15) is 0 Å². The average molecular weight is 1870 g/mol. The van der Waals surface area contributed by atoms with E-state index in [-0.39, 0.29) is 16.2 Å². The molecule has 0 heterocycles. The highest BCUT2D eigenvalue weighted by molar-refractivity contribution is 6.27. The second kappa shape index (κ2) is 34.1. The lowest BCUT2D eigenvalue weighted by molar-refractivity contribution is 0.662. The molecule has 0 N–H and O–H groups in total. The van der Waals surface area contributed by atoms with Crippen molar-refractivity contribution in [2.75, 3.05) is 0 Å². The molecule has 0 nitrogen and oxygen atoms in total. The van der Waals surface area contributed by atoms with Gasteiger partial charge in [-0.3, -0.25) is 0 Å². The Kier molecular flexibility index (Phi) is 20.2. The van der Waals surface area contributed by atoms with E-state index < -0.39 is 0 Å². The standard InChI is InChI=1S/3C49H34/c1-49(2)44-30-29-32-14-4-6-17-37(32)47(44)43-24-12-23-42(48(43)49)46-40-20-9-7-18-38(40)45(39-19-8-10-21-41(39)46)34-27-25-33(26-28-34)36-22-11-15-31-13-3-5-16-35(31)36;1-49(2)44-30-29-32-16-4-6-19-34(32)47(44)43-28-14-27-42(48(43)49)46-40-24-11-9-22-38(40)45(39-23-10-12-25-41(39)46)37-21-8-7-20-36(37)35-26-13-17-31-15-3-5-18-33(31)35;1-49(2)44-28-27-32-14-5-6-18-37(32)47(44)43-24-12-23-42(48(43)49)46-40-21-9-7-19-38(40)45(39-20-8-10-22-41(39)46)36-17-11-16-34(30-36)35-26-25-31-13-3-4-15-33(31)29-35/h3*3-30H,1-2H3. The van der Waals surface area contributed by atoms with E-state index in [0.717, 1.165) is 0 Å². The summed E-state index contributed by atoms with van der Waals surface area (Å²) in [5.41, 5.74) is 39.3. The van der Waals surface area contributed by atoms with Gasteiger partial charge in [0.1, 0.15) is 0 Å². The van der Waals surface area contributed by atoms with E-state index in [0.29, 0.717) is 0 Å². The molecule has 147 heavy (non-hydrogen) atoms. The van der Waals surface area contributed by atoms with E-state index in [1.165, 1.54) is 296 Å². The lowest BCUT2D eigenvalue weighted by Crippen LogP contribution is -2.16. The Morgan fingerprint density at radius 1 is 0.109 bits per heavy atom.